The van der Waals surface area contributed by atoms with Gasteiger partial charge in [-0.2, -0.15) is 13.2 Å². The van der Waals surface area contributed by atoms with E-state index in [1.807, 2.05) is 0 Å². The number of hydrogen-bond acceptors (Lipinski definition) is 2. The van der Waals surface area contributed by atoms with Crippen LogP contribution in [0.3, 0.4) is 0 Å². The summed E-state index contributed by atoms with van der Waals surface area (Å²) >= 11 is 2.66. The quantitative estimate of drug-likeness (QED) is 0.552. The fourth-order valence-corrected chi connectivity index (χ4v) is 2.52. The number of alkyl halides is 3. The van der Waals surface area contributed by atoms with Gasteiger partial charge in [-0.1, -0.05) is 6.07 Å². The molecule has 1 heterocycles. The third-order valence-corrected chi connectivity index (χ3v) is 4.70. The molecule has 21 heavy (non-hydrogen) atoms. The smallest absolute Gasteiger partial charge is 0.399 e. The zero-order chi connectivity index (χ0) is 16.2. The van der Waals surface area contributed by atoms with Crippen molar-refractivity contribution in [3.05, 3.63) is 28.0 Å². The van der Waals surface area contributed by atoms with Gasteiger partial charge in [0.1, 0.15) is 5.82 Å². The lowest BCUT2D eigenvalue weighted by Gasteiger charge is -2.32. The third-order valence-electron chi connectivity index (χ3n) is 3.92. The van der Waals surface area contributed by atoms with Crippen LogP contribution >= 0.6 is 15.9 Å². The van der Waals surface area contributed by atoms with Crippen molar-refractivity contribution in [1.29, 1.82) is 0 Å². The first kappa shape index (κ1) is 16.8. The van der Waals surface area contributed by atoms with Crippen molar-refractivity contribution in [2.75, 3.05) is 0 Å². The Morgan fingerprint density at radius 3 is 1.95 bits per heavy atom. The van der Waals surface area contributed by atoms with Gasteiger partial charge in [-0.25, -0.2) is 4.39 Å². The highest BCUT2D eigenvalue weighted by Gasteiger charge is 2.52. The lowest BCUT2D eigenvalue weighted by molar-refractivity contribution is -0.138. The van der Waals surface area contributed by atoms with Gasteiger partial charge in [0.15, 0.2) is 0 Å². The summed E-state index contributed by atoms with van der Waals surface area (Å²) < 4.78 is 63.1. The van der Waals surface area contributed by atoms with E-state index in [-0.39, 0.29) is 5.46 Å². The molecule has 1 aromatic rings. The summed E-state index contributed by atoms with van der Waals surface area (Å²) in [5.74, 6) is -1.02. The lowest BCUT2D eigenvalue weighted by atomic mass is 9.78. The maximum absolute atomic E-state index is 14.2. The van der Waals surface area contributed by atoms with Crippen LogP contribution < -0.4 is 5.46 Å². The van der Waals surface area contributed by atoms with Gasteiger partial charge in [0.2, 0.25) is 0 Å². The first-order chi connectivity index (χ1) is 9.37. The molecule has 2 rings (SSSR count). The van der Waals surface area contributed by atoms with E-state index in [2.05, 4.69) is 15.9 Å². The Labute approximate surface area is 129 Å². The summed E-state index contributed by atoms with van der Waals surface area (Å²) in [4.78, 5) is 0. The summed E-state index contributed by atoms with van der Waals surface area (Å²) in [7, 11) is -1.05. The van der Waals surface area contributed by atoms with E-state index < -0.39 is 40.4 Å². The first-order valence-corrected chi connectivity index (χ1v) is 7.07. The Kier molecular flexibility index (Phi) is 3.96. The van der Waals surface area contributed by atoms with E-state index in [1.165, 1.54) is 0 Å². The monoisotopic (exact) mass is 368 g/mol. The van der Waals surface area contributed by atoms with Gasteiger partial charge in [0.25, 0.3) is 0 Å². The molecule has 0 saturated carbocycles. The molecule has 8 heteroatoms. The first-order valence-electron chi connectivity index (χ1n) is 6.27. The SMILES string of the molecule is CC1(C)OB(c2ccc(C(F)(F)F)c(Br)c2F)OC1(C)C. The summed E-state index contributed by atoms with van der Waals surface area (Å²) in [5.41, 5.74) is -2.52. The third kappa shape index (κ3) is 2.85. The van der Waals surface area contributed by atoms with Crippen LogP contribution in [0.4, 0.5) is 17.6 Å². The Morgan fingerprint density at radius 1 is 1.05 bits per heavy atom. The molecule has 0 aromatic heterocycles. The molecule has 0 atom stereocenters. The van der Waals surface area contributed by atoms with Crippen molar-refractivity contribution in [3.8, 4) is 0 Å². The van der Waals surface area contributed by atoms with Crippen LogP contribution in [0.1, 0.15) is 33.3 Å². The van der Waals surface area contributed by atoms with Gasteiger partial charge in [0, 0.05) is 5.46 Å². The highest BCUT2D eigenvalue weighted by molar-refractivity contribution is 9.10. The van der Waals surface area contributed by atoms with Crippen LogP contribution in [-0.4, -0.2) is 18.3 Å². The van der Waals surface area contributed by atoms with Crippen molar-refractivity contribution < 1.29 is 26.9 Å². The molecule has 0 unspecified atom stereocenters. The van der Waals surface area contributed by atoms with Gasteiger partial charge < -0.3 is 9.31 Å². The van der Waals surface area contributed by atoms with Crippen LogP contribution in [0, 0.1) is 5.82 Å². The van der Waals surface area contributed by atoms with Crippen LogP contribution in [0.2, 0.25) is 0 Å². The molecule has 0 radical (unpaired) electrons. The molecule has 0 spiro atoms. The Bertz CT molecular complexity index is 556. The van der Waals surface area contributed by atoms with E-state index in [4.69, 9.17) is 9.31 Å². The van der Waals surface area contributed by atoms with Crippen LogP contribution in [0.15, 0.2) is 16.6 Å². The largest absolute Gasteiger partial charge is 0.497 e. The zero-order valence-electron chi connectivity index (χ0n) is 11.9. The Morgan fingerprint density at radius 2 is 1.52 bits per heavy atom. The lowest BCUT2D eigenvalue weighted by Crippen LogP contribution is -2.41. The van der Waals surface area contributed by atoms with Gasteiger partial charge >= 0.3 is 13.3 Å². The number of halogens is 5. The highest BCUT2D eigenvalue weighted by atomic mass is 79.9. The molecule has 1 aliphatic rings. The van der Waals surface area contributed by atoms with E-state index in [1.54, 1.807) is 27.7 Å². The van der Waals surface area contributed by atoms with E-state index in [0.717, 1.165) is 12.1 Å². The molecule has 0 N–H and O–H groups in total. The fraction of sp³-hybridized carbons (Fsp3) is 0.538. The average Bonchev–Trinajstić information content (AvgIpc) is 2.50. The molecule has 0 bridgehead atoms. The molecule has 116 valence electrons. The van der Waals surface area contributed by atoms with Crippen molar-refractivity contribution in [2.45, 2.75) is 45.1 Å². The second-order valence-corrected chi connectivity index (χ2v) is 6.71. The standard InChI is InChI=1S/C13H14BBrF4O2/c1-11(2)12(3,4)21-14(20-11)8-6-5-7(13(17,18)19)9(15)10(8)16/h5-6H,1-4H3. The summed E-state index contributed by atoms with van der Waals surface area (Å²) in [6, 6.07) is 1.86. The van der Waals surface area contributed by atoms with Gasteiger partial charge in [-0.3, -0.25) is 0 Å². The van der Waals surface area contributed by atoms with Crippen molar-refractivity contribution in [1.82, 2.24) is 0 Å². The molecule has 0 amide bonds. The molecule has 1 aliphatic heterocycles. The average molecular weight is 369 g/mol. The Balaban J connectivity index is 2.43. The van der Waals surface area contributed by atoms with Crippen molar-refractivity contribution in [2.24, 2.45) is 0 Å². The van der Waals surface area contributed by atoms with Crippen molar-refractivity contribution in [3.63, 3.8) is 0 Å². The molecule has 1 fully saturated rings. The van der Waals surface area contributed by atoms with Crippen LogP contribution in [0.5, 0.6) is 0 Å². The predicted octanol–water partition coefficient (Wildman–Crippen LogP) is 3.91. The number of benzene rings is 1. The second-order valence-electron chi connectivity index (χ2n) is 5.92. The van der Waals surface area contributed by atoms with Gasteiger partial charge in [-0.05, 0) is 49.7 Å². The summed E-state index contributed by atoms with van der Waals surface area (Å²) in [5, 5.41) is 0. The van der Waals surface area contributed by atoms with E-state index in [9.17, 15) is 17.6 Å². The highest BCUT2D eigenvalue weighted by Crippen LogP contribution is 2.39. The zero-order valence-corrected chi connectivity index (χ0v) is 13.5. The Hall–Kier alpha value is -0.595. The number of rotatable bonds is 1. The molecule has 1 saturated heterocycles. The van der Waals surface area contributed by atoms with E-state index >= 15 is 0 Å². The van der Waals surface area contributed by atoms with Crippen LogP contribution in [0.25, 0.3) is 0 Å². The van der Waals surface area contributed by atoms with Gasteiger partial charge in [-0.15, -0.1) is 0 Å². The maximum Gasteiger partial charge on any atom is 0.497 e. The fourth-order valence-electron chi connectivity index (χ4n) is 1.94. The molecule has 1 aromatic carbocycles. The second kappa shape index (κ2) is 4.96. The summed E-state index contributed by atoms with van der Waals surface area (Å²) in [6.07, 6.45) is -4.63. The molecule has 0 aliphatic carbocycles. The molecular weight excluding hydrogens is 355 g/mol. The normalized spacial score (nSPS) is 20.9. The maximum atomic E-state index is 14.2. The molecular formula is C13H14BBrF4O2. The van der Waals surface area contributed by atoms with Crippen LogP contribution in [-0.2, 0) is 15.5 Å². The summed E-state index contributed by atoms with van der Waals surface area (Å²) in [6.45, 7) is 7.13. The minimum Gasteiger partial charge on any atom is -0.399 e. The minimum absolute atomic E-state index is 0.0616. The molecule has 2 nitrogen and oxygen atoms in total. The predicted molar refractivity (Wildman–Crippen MR) is 74.8 cm³/mol. The van der Waals surface area contributed by atoms with Gasteiger partial charge in [0.05, 0.1) is 21.2 Å². The minimum atomic E-state index is -4.63. The topological polar surface area (TPSA) is 18.5 Å². The van der Waals surface area contributed by atoms with Crippen molar-refractivity contribution >= 4 is 28.5 Å². The number of hydrogen-bond donors (Lipinski definition) is 0. The van der Waals surface area contributed by atoms with E-state index in [0.29, 0.717) is 0 Å².